The predicted octanol–water partition coefficient (Wildman–Crippen LogP) is 5.21. The summed E-state index contributed by atoms with van der Waals surface area (Å²) < 4.78 is 37.1. The molecule has 0 spiro atoms. The molecular formula is C26H22N4O3S. The Morgan fingerprint density at radius 2 is 1.71 bits per heavy atom. The molecule has 0 atom stereocenters. The zero-order valence-electron chi connectivity index (χ0n) is 18.6. The number of benzene rings is 3. The summed E-state index contributed by atoms with van der Waals surface area (Å²) >= 11 is 0. The van der Waals surface area contributed by atoms with Crippen LogP contribution in [0, 0.1) is 6.92 Å². The number of aromatic nitrogens is 3. The Bertz CT molecular complexity index is 1600. The van der Waals surface area contributed by atoms with E-state index in [9.17, 15) is 8.42 Å². The Morgan fingerprint density at radius 3 is 2.50 bits per heavy atom. The highest BCUT2D eigenvalue weighted by atomic mass is 32.2. The van der Waals surface area contributed by atoms with Crippen molar-refractivity contribution < 1.29 is 13.2 Å². The molecule has 2 heterocycles. The van der Waals surface area contributed by atoms with Crippen molar-refractivity contribution in [3.8, 4) is 22.6 Å². The molecule has 2 aromatic heterocycles. The maximum absolute atomic E-state index is 13.5. The number of methoxy groups -OCH3 is 1. The van der Waals surface area contributed by atoms with Crippen LogP contribution in [-0.2, 0) is 10.0 Å². The van der Waals surface area contributed by atoms with Crippen molar-refractivity contribution in [2.24, 2.45) is 0 Å². The number of anilines is 1. The van der Waals surface area contributed by atoms with Gasteiger partial charge in [-0.05, 0) is 31.2 Å². The minimum Gasteiger partial charge on any atom is -0.494 e. The van der Waals surface area contributed by atoms with Gasteiger partial charge in [0, 0.05) is 35.0 Å². The normalized spacial score (nSPS) is 11.5. The summed E-state index contributed by atoms with van der Waals surface area (Å²) in [4.78, 5) is 8.90. The minimum absolute atomic E-state index is 0.168. The van der Waals surface area contributed by atoms with Gasteiger partial charge in [0.1, 0.15) is 5.75 Å². The highest BCUT2D eigenvalue weighted by Crippen LogP contribution is 2.34. The van der Waals surface area contributed by atoms with E-state index >= 15 is 0 Å². The van der Waals surface area contributed by atoms with E-state index in [1.807, 2.05) is 54.1 Å². The third-order valence-electron chi connectivity index (χ3n) is 5.52. The van der Waals surface area contributed by atoms with Gasteiger partial charge in [-0.3, -0.25) is 9.71 Å². The Hall–Kier alpha value is -4.17. The van der Waals surface area contributed by atoms with E-state index in [-0.39, 0.29) is 4.90 Å². The second kappa shape index (κ2) is 8.64. The van der Waals surface area contributed by atoms with Crippen LogP contribution in [0.15, 0.2) is 96.4 Å². The molecule has 0 amide bonds. The second-order valence-electron chi connectivity index (χ2n) is 7.79. The number of nitrogens with one attached hydrogen (secondary N) is 1. The van der Waals surface area contributed by atoms with Gasteiger partial charge in [0.05, 0.1) is 40.9 Å². The van der Waals surface area contributed by atoms with Crippen molar-refractivity contribution in [1.82, 2.24) is 14.5 Å². The van der Waals surface area contributed by atoms with E-state index in [0.717, 1.165) is 27.8 Å². The average Bonchev–Trinajstić information content (AvgIpc) is 3.29. The topological polar surface area (TPSA) is 86.1 Å². The summed E-state index contributed by atoms with van der Waals surface area (Å²) in [5, 5.41) is 0.940. The molecule has 7 nitrogen and oxygen atoms in total. The van der Waals surface area contributed by atoms with Crippen LogP contribution in [0.1, 0.15) is 5.69 Å². The molecule has 0 fully saturated rings. The lowest BCUT2D eigenvalue weighted by atomic mass is 10.0. The molecule has 0 aliphatic rings. The Labute approximate surface area is 197 Å². The molecule has 5 rings (SSSR count). The smallest absolute Gasteiger partial charge is 0.262 e. The van der Waals surface area contributed by atoms with Crippen LogP contribution in [0.2, 0.25) is 0 Å². The lowest BCUT2D eigenvalue weighted by molar-refractivity contribution is 0.413. The van der Waals surface area contributed by atoms with Crippen LogP contribution in [0.5, 0.6) is 5.75 Å². The molecule has 1 N–H and O–H groups in total. The van der Waals surface area contributed by atoms with E-state index in [1.165, 1.54) is 0 Å². The molecule has 5 aromatic rings. The molecule has 8 heteroatoms. The number of hydrogen-bond donors (Lipinski definition) is 1. The maximum Gasteiger partial charge on any atom is 0.262 e. The number of hydrogen-bond acceptors (Lipinski definition) is 5. The molecule has 0 aliphatic carbocycles. The van der Waals surface area contributed by atoms with Gasteiger partial charge >= 0.3 is 0 Å². The van der Waals surface area contributed by atoms with Crippen molar-refractivity contribution in [2.45, 2.75) is 11.8 Å². The van der Waals surface area contributed by atoms with Gasteiger partial charge in [-0.1, -0.05) is 42.5 Å². The molecule has 0 aliphatic heterocycles. The molecule has 0 saturated carbocycles. The van der Waals surface area contributed by atoms with Gasteiger partial charge in [0.15, 0.2) is 0 Å². The summed E-state index contributed by atoms with van der Waals surface area (Å²) in [6.45, 7) is 1.90. The number of fused-ring (bicyclic) bond motifs is 1. The van der Waals surface area contributed by atoms with E-state index in [1.54, 1.807) is 56.0 Å². The highest BCUT2D eigenvalue weighted by Gasteiger charge is 2.21. The van der Waals surface area contributed by atoms with Crippen LogP contribution in [0.25, 0.3) is 27.7 Å². The van der Waals surface area contributed by atoms with Gasteiger partial charge in [-0.25, -0.2) is 13.4 Å². The molecule has 3 aromatic carbocycles. The average molecular weight is 471 g/mol. The first-order valence-corrected chi connectivity index (χ1v) is 12.1. The zero-order chi connectivity index (χ0) is 23.7. The number of pyridine rings is 1. The van der Waals surface area contributed by atoms with Crippen molar-refractivity contribution in [3.05, 3.63) is 97.2 Å². The van der Waals surface area contributed by atoms with E-state index in [2.05, 4.69) is 14.7 Å². The molecule has 0 bridgehead atoms. The molecule has 0 unspecified atom stereocenters. The Morgan fingerprint density at radius 1 is 0.912 bits per heavy atom. The van der Waals surface area contributed by atoms with Gasteiger partial charge in [-0.15, -0.1) is 0 Å². The third kappa shape index (κ3) is 3.99. The van der Waals surface area contributed by atoms with Crippen molar-refractivity contribution >= 4 is 26.6 Å². The zero-order valence-corrected chi connectivity index (χ0v) is 19.5. The Kier molecular flexibility index (Phi) is 5.51. The van der Waals surface area contributed by atoms with Crippen LogP contribution < -0.4 is 9.46 Å². The number of nitrogens with zero attached hydrogens (tertiary/aromatic N) is 3. The van der Waals surface area contributed by atoms with Crippen molar-refractivity contribution in [3.63, 3.8) is 0 Å². The van der Waals surface area contributed by atoms with Crippen molar-refractivity contribution in [1.29, 1.82) is 0 Å². The fourth-order valence-corrected chi connectivity index (χ4v) is 5.24. The fourth-order valence-electron chi connectivity index (χ4n) is 3.96. The number of para-hydroxylation sites is 1. The largest absolute Gasteiger partial charge is 0.494 e. The number of aryl methyl sites for hydroxylation is 1. The summed E-state index contributed by atoms with van der Waals surface area (Å²) in [7, 11) is -2.37. The standard InChI is InChI=1S/C26H22N4O3S/c1-18-16-30(17-28-18)23-13-12-20(15-24(23)33-2)29-34(31,32)25-11-4-3-9-21(25)22-10-5-7-19-8-6-14-27-26(19)22/h3-17,29H,1-2H3. The SMILES string of the molecule is COc1cc(NS(=O)(=O)c2ccccc2-c2cccc3cccnc23)ccc1-n1cnc(C)c1. The number of sulfonamides is 1. The van der Waals surface area contributed by atoms with E-state index in [0.29, 0.717) is 17.0 Å². The first-order chi connectivity index (χ1) is 16.5. The number of rotatable bonds is 6. The summed E-state index contributed by atoms with van der Waals surface area (Å²) in [5.41, 5.74) is 4.09. The first-order valence-electron chi connectivity index (χ1n) is 10.6. The minimum atomic E-state index is -3.91. The highest BCUT2D eigenvalue weighted by molar-refractivity contribution is 7.92. The molecule has 34 heavy (non-hydrogen) atoms. The summed E-state index contributed by atoms with van der Waals surface area (Å²) in [6, 6.07) is 21.6. The van der Waals surface area contributed by atoms with Crippen LogP contribution in [0.4, 0.5) is 5.69 Å². The van der Waals surface area contributed by atoms with Crippen LogP contribution >= 0.6 is 0 Å². The molecule has 0 radical (unpaired) electrons. The van der Waals surface area contributed by atoms with Gasteiger partial charge < -0.3 is 9.30 Å². The quantitative estimate of drug-likeness (QED) is 0.368. The third-order valence-corrected chi connectivity index (χ3v) is 6.96. The molecule has 0 saturated heterocycles. The summed E-state index contributed by atoms with van der Waals surface area (Å²) in [5.74, 6) is 0.518. The fraction of sp³-hybridized carbons (Fsp3) is 0.0769. The Balaban J connectivity index is 1.55. The van der Waals surface area contributed by atoms with Crippen LogP contribution in [0.3, 0.4) is 0 Å². The van der Waals surface area contributed by atoms with Gasteiger partial charge in [-0.2, -0.15) is 0 Å². The van der Waals surface area contributed by atoms with Crippen molar-refractivity contribution in [2.75, 3.05) is 11.8 Å². The molecular weight excluding hydrogens is 448 g/mol. The van der Waals surface area contributed by atoms with Crippen LogP contribution in [-0.4, -0.2) is 30.1 Å². The first kappa shape index (κ1) is 21.7. The lowest BCUT2D eigenvalue weighted by Gasteiger charge is -2.15. The monoisotopic (exact) mass is 470 g/mol. The lowest BCUT2D eigenvalue weighted by Crippen LogP contribution is -2.14. The number of imidazole rings is 1. The second-order valence-corrected chi connectivity index (χ2v) is 9.44. The van der Waals surface area contributed by atoms with Gasteiger partial charge in [0.2, 0.25) is 0 Å². The number of ether oxygens (including phenoxy) is 1. The molecule has 170 valence electrons. The summed E-state index contributed by atoms with van der Waals surface area (Å²) in [6.07, 6.45) is 5.26. The maximum atomic E-state index is 13.5. The van der Waals surface area contributed by atoms with E-state index in [4.69, 9.17) is 4.74 Å². The van der Waals surface area contributed by atoms with Gasteiger partial charge in [0.25, 0.3) is 10.0 Å². The predicted molar refractivity (Wildman–Crippen MR) is 133 cm³/mol. The van der Waals surface area contributed by atoms with E-state index < -0.39 is 10.0 Å².